The van der Waals surface area contributed by atoms with E-state index in [0.29, 0.717) is 0 Å². The molecule has 2 aliphatic heterocycles. The summed E-state index contributed by atoms with van der Waals surface area (Å²) in [5, 5.41) is 3.21. The monoisotopic (exact) mass is 379 g/mol. The number of carbonyl (C=O) groups excluding carboxylic acids is 1. The molecule has 148 valence electrons. The quantitative estimate of drug-likeness (QED) is 0.864. The minimum atomic E-state index is -0.0711. The Balaban J connectivity index is 1.46. The molecule has 0 saturated carbocycles. The van der Waals surface area contributed by atoms with Gasteiger partial charge in [0.25, 0.3) is 0 Å². The van der Waals surface area contributed by atoms with Crippen molar-refractivity contribution in [3.05, 3.63) is 59.7 Å². The van der Waals surface area contributed by atoms with Gasteiger partial charge < -0.3 is 15.0 Å². The van der Waals surface area contributed by atoms with Gasteiger partial charge >= 0.3 is 0 Å². The molecule has 0 spiro atoms. The van der Waals surface area contributed by atoms with Crippen LogP contribution in [-0.2, 0) is 16.1 Å². The van der Waals surface area contributed by atoms with E-state index in [4.69, 9.17) is 4.74 Å². The molecule has 0 radical (unpaired) electrons. The molecular formula is C23H29N3O2. The van der Waals surface area contributed by atoms with Crippen molar-refractivity contribution in [3.8, 4) is 0 Å². The first kappa shape index (κ1) is 19.0. The Morgan fingerprint density at radius 1 is 1.11 bits per heavy atom. The minimum absolute atomic E-state index is 0.0711. The fraction of sp³-hybridized carbons (Fsp3) is 0.435. The third-order valence-electron chi connectivity index (χ3n) is 5.65. The van der Waals surface area contributed by atoms with Crippen LogP contribution in [0.15, 0.2) is 48.5 Å². The van der Waals surface area contributed by atoms with Crippen LogP contribution in [0.25, 0.3) is 0 Å². The topological polar surface area (TPSA) is 44.8 Å². The summed E-state index contributed by atoms with van der Waals surface area (Å²) in [4.78, 5) is 17.7. The molecular weight excluding hydrogens is 350 g/mol. The summed E-state index contributed by atoms with van der Waals surface area (Å²) in [5.74, 6) is 0.103. The minimum Gasteiger partial charge on any atom is -0.378 e. The summed E-state index contributed by atoms with van der Waals surface area (Å²) >= 11 is 0. The Bertz CT molecular complexity index is 817. The molecule has 1 atom stereocenters. The number of benzene rings is 2. The zero-order valence-electron chi connectivity index (χ0n) is 16.6. The Morgan fingerprint density at radius 2 is 1.93 bits per heavy atom. The van der Waals surface area contributed by atoms with Crippen molar-refractivity contribution in [1.29, 1.82) is 0 Å². The summed E-state index contributed by atoms with van der Waals surface area (Å²) in [7, 11) is 0. The Kier molecular flexibility index (Phi) is 5.93. The number of hydrogen-bond acceptors (Lipinski definition) is 4. The van der Waals surface area contributed by atoms with Crippen molar-refractivity contribution in [2.75, 3.05) is 43.1 Å². The normalized spacial score (nSPS) is 20.3. The van der Waals surface area contributed by atoms with Crippen LogP contribution in [0.3, 0.4) is 0 Å². The van der Waals surface area contributed by atoms with Gasteiger partial charge in [0.1, 0.15) is 0 Å². The number of para-hydroxylation sites is 2. The van der Waals surface area contributed by atoms with Gasteiger partial charge in [-0.15, -0.1) is 0 Å². The van der Waals surface area contributed by atoms with Gasteiger partial charge in [0.15, 0.2) is 0 Å². The summed E-state index contributed by atoms with van der Waals surface area (Å²) in [5.41, 5.74) is 4.52. The lowest BCUT2D eigenvalue weighted by atomic mass is 10.1. The molecule has 1 unspecified atom stereocenters. The lowest BCUT2D eigenvalue weighted by molar-refractivity contribution is -0.120. The average molecular weight is 380 g/mol. The van der Waals surface area contributed by atoms with Crippen molar-refractivity contribution >= 4 is 17.3 Å². The molecule has 0 bridgehead atoms. The van der Waals surface area contributed by atoms with E-state index in [-0.39, 0.29) is 11.9 Å². The van der Waals surface area contributed by atoms with Crippen LogP contribution >= 0.6 is 0 Å². The number of carbonyl (C=O) groups is 1. The number of rotatable bonds is 5. The van der Waals surface area contributed by atoms with E-state index in [1.807, 2.05) is 18.2 Å². The number of nitrogens with one attached hydrogen (secondary N) is 1. The van der Waals surface area contributed by atoms with E-state index >= 15 is 0 Å². The maximum atomic E-state index is 13.1. The number of amides is 1. The molecule has 0 aliphatic carbocycles. The molecule has 4 rings (SSSR count). The predicted octanol–water partition coefficient (Wildman–Crippen LogP) is 3.43. The van der Waals surface area contributed by atoms with Crippen molar-refractivity contribution in [2.45, 2.75) is 32.4 Å². The van der Waals surface area contributed by atoms with Crippen LogP contribution in [0.1, 0.15) is 24.0 Å². The summed E-state index contributed by atoms with van der Waals surface area (Å²) in [6.45, 7) is 7.08. The second kappa shape index (κ2) is 8.76. The maximum absolute atomic E-state index is 13.1. The third kappa shape index (κ3) is 4.37. The summed E-state index contributed by atoms with van der Waals surface area (Å²) in [6, 6.07) is 16.6. The zero-order chi connectivity index (χ0) is 19.3. The number of anilines is 2. The zero-order valence-corrected chi connectivity index (χ0v) is 16.6. The first-order valence-corrected chi connectivity index (χ1v) is 10.2. The second-order valence-corrected chi connectivity index (χ2v) is 7.72. The lowest BCUT2D eigenvalue weighted by Gasteiger charge is -2.31. The molecule has 2 aliphatic rings. The van der Waals surface area contributed by atoms with Gasteiger partial charge in [0.2, 0.25) is 5.91 Å². The molecule has 2 fully saturated rings. The highest BCUT2D eigenvalue weighted by Crippen LogP contribution is 2.28. The number of morpholine rings is 1. The molecule has 5 heteroatoms. The van der Waals surface area contributed by atoms with E-state index in [1.54, 1.807) is 0 Å². The highest BCUT2D eigenvalue weighted by atomic mass is 16.5. The van der Waals surface area contributed by atoms with Gasteiger partial charge in [-0.2, -0.15) is 0 Å². The van der Waals surface area contributed by atoms with Crippen molar-refractivity contribution in [3.63, 3.8) is 0 Å². The Morgan fingerprint density at radius 3 is 2.75 bits per heavy atom. The Labute approximate surface area is 167 Å². The number of nitrogens with zero attached hydrogens (tertiary/aromatic N) is 2. The number of aryl methyl sites for hydroxylation is 1. The van der Waals surface area contributed by atoms with Crippen LogP contribution in [-0.4, -0.2) is 49.7 Å². The van der Waals surface area contributed by atoms with E-state index in [9.17, 15) is 4.79 Å². The highest BCUT2D eigenvalue weighted by Gasteiger charge is 2.31. The van der Waals surface area contributed by atoms with E-state index < -0.39 is 0 Å². The maximum Gasteiger partial charge on any atom is 0.241 e. The molecule has 0 aromatic heterocycles. The largest absolute Gasteiger partial charge is 0.378 e. The van der Waals surface area contributed by atoms with Crippen LogP contribution in [0.5, 0.6) is 0 Å². The fourth-order valence-electron chi connectivity index (χ4n) is 4.23. The van der Waals surface area contributed by atoms with Gasteiger partial charge in [-0.25, -0.2) is 0 Å². The second-order valence-electron chi connectivity index (χ2n) is 7.72. The van der Waals surface area contributed by atoms with Crippen molar-refractivity contribution in [1.82, 2.24) is 4.90 Å². The molecule has 5 nitrogen and oxygen atoms in total. The molecule has 1 amide bonds. The van der Waals surface area contributed by atoms with E-state index in [0.717, 1.165) is 63.6 Å². The Hall–Kier alpha value is -2.37. The SMILES string of the molecule is Cc1cccc(CN2CCCC2C(=O)Nc2ccccc2N2CCOCC2)c1. The fourth-order valence-corrected chi connectivity index (χ4v) is 4.23. The highest BCUT2D eigenvalue weighted by molar-refractivity contribution is 5.97. The standard InChI is InChI=1S/C23H29N3O2/c1-18-6-4-7-19(16-18)17-26-11-5-10-22(26)23(27)24-20-8-2-3-9-21(20)25-12-14-28-15-13-25/h2-4,6-9,16,22H,5,10-15,17H2,1H3,(H,24,27). The van der Waals surface area contributed by atoms with E-state index in [2.05, 4.69) is 52.4 Å². The van der Waals surface area contributed by atoms with Crippen molar-refractivity contribution < 1.29 is 9.53 Å². The average Bonchev–Trinajstić information content (AvgIpc) is 3.17. The van der Waals surface area contributed by atoms with E-state index in [1.165, 1.54) is 11.1 Å². The number of ether oxygens (including phenoxy) is 1. The number of likely N-dealkylation sites (tertiary alicyclic amines) is 1. The smallest absolute Gasteiger partial charge is 0.241 e. The number of hydrogen-bond donors (Lipinski definition) is 1. The van der Waals surface area contributed by atoms with Crippen LogP contribution in [0.4, 0.5) is 11.4 Å². The van der Waals surface area contributed by atoms with Crippen LogP contribution in [0.2, 0.25) is 0 Å². The van der Waals surface area contributed by atoms with Crippen LogP contribution in [0, 0.1) is 6.92 Å². The van der Waals surface area contributed by atoms with Crippen molar-refractivity contribution in [2.24, 2.45) is 0 Å². The van der Waals surface area contributed by atoms with Gasteiger partial charge in [0, 0.05) is 19.6 Å². The molecule has 1 N–H and O–H groups in total. The van der Waals surface area contributed by atoms with Gasteiger partial charge in [0.05, 0.1) is 30.6 Å². The molecule has 2 aromatic rings. The van der Waals surface area contributed by atoms with Crippen LogP contribution < -0.4 is 10.2 Å². The first-order valence-electron chi connectivity index (χ1n) is 10.2. The summed E-state index contributed by atoms with van der Waals surface area (Å²) < 4.78 is 5.47. The molecule has 28 heavy (non-hydrogen) atoms. The third-order valence-corrected chi connectivity index (χ3v) is 5.65. The van der Waals surface area contributed by atoms with Gasteiger partial charge in [-0.1, -0.05) is 42.0 Å². The molecule has 2 heterocycles. The van der Waals surface area contributed by atoms with Gasteiger partial charge in [-0.05, 0) is 44.0 Å². The molecule has 2 saturated heterocycles. The first-order chi connectivity index (χ1) is 13.7. The molecule has 2 aromatic carbocycles. The lowest BCUT2D eigenvalue weighted by Crippen LogP contribution is -2.40. The predicted molar refractivity (Wildman–Crippen MR) is 113 cm³/mol. The summed E-state index contributed by atoms with van der Waals surface area (Å²) in [6.07, 6.45) is 1.98. The van der Waals surface area contributed by atoms with Gasteiger partial charge in [-0.3, -0.25) is 9.69 Å².